The van der Waals surface area contributed by atoms with Crippen LogP contribution in [0.15, 0.2) is 53.4 Å². The van der Waals surface area contributed by atoms with Gasteiger partial charge in [-0.1, -0.05) is 19.1 Å². The van der Waals surface area contributed by atoms with Crippen LogP contribution < -0.4 is 10.6 Å². The van der Waals surface area contributed by atoms with Gasteiger partial charge in [0.2, 0.25) is 10.0 Å². The van der Waals surface area contributed by atoms with E-state index in [1.807, 2.05) is 13.8 Å². The molecule has 1 heterocycles. The molecule has 0 aliphatic carbocycles. The van der Waals surface area contributed by atoms with Crippen molar-refractivity contribution in [1.82, 2.24) is 9.62 Å². The molecule has 0 saturated carbocycles. The van der Waals surface area contributed by atoms with Crippen LogP contribution in [-0.2, 0) is 14.8 Å². The summed E-state index contributed by atoms with van der Waals surface area (Å²) in [5.74, 6) is -0.698. The molecule has 1 saturated heterocycles. The third-order valence-corrected chi connectivity index (χ3v) is 7.05. The third-order valence-electron chi connectivity index (χ3n) is 5.13. The summed E-state index contributed by atoms with van der Waals surface area (Å²) in [6, 6.07) is 12.5. The number of carbonyl (C=O) groups excluding carboxylic acids is 2. The zero-order valence-electron chi connectivity index (χ0n) is 17.6. The van der Waals surface area contributed by atoms with E-state index in [-0.39, 0.29) is 22.4 Å². The Morgan fingerprint density at radius 3 is 2.32 bits per heavy atom. The van der Waals surface area contributed by atoms with E-state index in [9.17, 15) is 18.0 Å². The highest BCUT2D eigenvalue weighted by Crippen LogP contribution is 2.20. The van der Waals surface area contributed by atoms with Gasteiger partial charge in [0.15, 0.2) is 0 Å². The third kappa shape index (κ3) is 5.49. The van der Waals surface area contributed by atoms with Crippen molar-refractivity contribution in [1.29, 1.82) is 0 Å². The lowest BCUT2D eigenvalue weighted by Gasteiger charge is -2.26. The number of sulfonamides is 1. The number of anilines is 1. The summed E-state index contributed by atoms with van der Waals surface area (Å²) in [6.07, 6.45) is 0.792. The van der Waals surface area contributed by atoms with Gasteiger partial charge in [0.1, 0.15) is 0 Å². The summed E-state index contributed by atoms with van der Waals surface area (Å²) in [4.78, 5) is 25.4. The maximum Gasteiger partial charge on any atom is 0.255 e. The number of morpholine rings is 1. The molecule has 3 rings (SSSR count). The van der Waals surface area contributed by atoms with Gasteiger partial charge in [-0.15, -0.1) is 0 Å². The molecule has 2 aromatic rings. The molecule has 8 nitrogen and oxygen atoms in total. The number of nitrogens with zero attached hydrogens (tertiary/aromatic N) is 1. The normalized spacial score (nSPS) is 15.8. The highest BCUT2D eigenvalue weighted by atomic mass is 32.2. The Hall–Kier alpha value is -2.75. The lowest BCUT2D eigenvalue weighted by molar-refractivity contribution is 0.0730. The molecule has 2 N–H and O–H groups in total. The lowest BCUT2D eigenvalue weighted by atomic mass is 10.1. The van der Waals surface area contributed by atoms with Crippen molar-refractivity contribution in [3.63, 3.8) is 0 Å². The van der Waals surface area contributed by atoms with Crippen LogP contribution in [0.3, 0.4) is 0 Å². The first-order valence-corrected chi connectivity index (χ1v) is 11.7. The first kappa shape index (κ1) is 22.9. The SMILES string of the molecule is CCC(C)NC(=O)c1ccccc1NC(=O)c1ccc(S(=O)(=O)N2CCOCC2)cc1. The maximum absolute atomic E-state index is 12.7. The van der Waals surface area contributed by atoms with Gasteiger partial charge < -0.3 is 15.4 Å². The van der Waals surface area contributed by atoms with Crippen molar-refractivity contribution in [3.8, 4) is 0 Å². The Morgan fingerprint density at radius 2 is 1.68 bits per heavy atom. The van der Waals surface area contributed by atoms with E-state index in [4.69, 9.17) is 4.74 Å². The van der Waals surface area contributed by atoms with Crippen molar-refractivity contribution in [2.45, 2.75) is 31.2 Å². The molecule has 166 valence electrons. The Balaban J connectivity index is 1.74. The zero-order valence-corrected chi connectivity index (χ0v) is 18.4. The van der Waals surface area contributed by atoms with E-state index in [1.54, 1.807) is 24.3 Å². The number of hydrogen-bond acceptors (Lipinski definition) is 5. The van der Waals surface area contributed by atoms with Gasteiger partial charge in [-0.25, -0.2) is 8.42 Å². The minimum atomic E-state index is -3.63. The number of benzene rings is 2. The lowest BCUT2D eigenvalue weighted by Crippen LogP contribution is -2.40. The Kier molecular flexibility index (Phi) is 7.42. The van der Waals surface area contributed by atoms with E-state index in [2.05, 4.69) is 10.6 Å². The van der Waals surface area contributed by atoms with Gasteiger partial charge in [0.25, 0.3) is 11.8 Å². The average Bonchev–Trinajstić information content (AvgIpc) is 2.80. The molecule has 0 bridgehead atoms. The van der Waals surface area contributed by atoms with Crippen LogP contribution in [0, 0.1) is 0 Å². The van der Waals surface area contributed by atoms with E-state index < -0.39 is 15.9 Å². The smallest absolute Gasteiger partial charge is 0.255 e. The van der Waals surface area contributed by atoms with Crippen molar-refractivity contribution in [2.75, 3.05) is 31.6 Å². The number of nitrogens with one attached hydrogen (secondary N) is 2. The molecule has 1 aliphatic rings. The summed E-state index contributed by atoms with van der Waals surface area (Å²) in [5, 5.41) is 5.63. The molecule has 2 amide bonds. The summed E-state index contributed by atoms with van der Waals surface area (Å²) < 4.78 is 32.0. The molecule has 1 aliphatic heterocycles. The van der Waals surface area contributed by atoms with Crippen LogP contribution in [-0.4, -0.2) is 56.9 Å². The van der Waals surface area contributed by atoms with Gasteiger partial charge in [-0.05, 0) is 49.7 Å². The van der Waals surface area contributed by atoms with Crippen LogP contribution in [0.1, 0.15) is 41.0 Å². The molecular formula is C22H27N3O5S. The minimum absolute atomic E-state index is 0.0113. The average molecular weight is 446 g/mol. The predicted octanol–water partition coefficient (Wildman–Crippen LogP) is 2.49. The van der Waals surface area contributed by atoms with Gasteiger partial charge >= 0.3 is 0 Å². The maximum atomic E-state index is 12.7. The Morgan fingerprint density at radius 1 is 1.03 bits per heavy atom. The number of hydrogen-bond donors (Lipinski definition) is 2. The van der Waals surface area contributed by atoms with Crippen molar-refractivity contribution in [3.05, 3.63) is 59.7 Å². The van der Waals surface area contributed by atoms with E-state index in [0.29, 0.717) is 37.6 Å². The first-order valence-electron chi connectivity index (χ1n) is 10.2. The van der Waals surface area contributed by atoms with Crippen molar-refractivity contribution in [2.24, 2.45) is 0 Å². The van der Waals surface area contributed by atoms with Gasteiger partial charge in [-0.3, -0.25) is 9.59 Å². The number of para-hydroxylation sites is 1. The van der Waals surface area contributed by atoms with E-state index in [0.717, 1.165) is 6.42 Å². The number of amides is 2. The van der Waals surface area contributed by atoms with Crippen LogP contribution in [0.2, 0.25) is 0 Å². The van der Waals surface area contributed by atoms with Crippen LogP contribution in [0.25, 0.3) is 0 Å². The van der Waals surface area contributed by atoms with Gasteiger partial charge in [0.05, 0.1) is 29.4 Å². The predicted molar refractivity (Wildman–Crippen MR) is 118 cm³/mol. The summed E-state index contributed by atoms with van der Waals surface area (Å²) in [5.41, 5.74) is 1.04. The largest absolute Gasteiger partial charge is 0.379 e. The highest BCUT2D eigenvalue weighted by molar-refractivity contribution is 7.89. The van der Waals surface area contributed by atoms with Crippen LogP contribution >= 0.6 is 0 Å². The highest BCUT2D eigenvalue weighted by Gasteiger charge is 2.26. The molecule has 1 unspecified atom stereocenters. The fourth-order valence-corrected chi connectivity index (χ4v) is 4.51. The molecule has 0 aromatic heterocycles. The van der Waals surface area contributed by atoms with Crippen molar-refractivity contribution < 1.29 is 22.7 Å². The zero-order chi connectivity index (χ0) is 22.4. The number of carbonyl (C=O) groups is 2. The van der Waals surface area contributed by atoms with Crippen molar-refractivity contribution >= 4 is 27.5 Å². The quantitative estimate of drug-likeness (QED) is 0.681. The second kappa shape index (κ2) is 10.0. The molecule has 9 heteroatoms. The van der Waals surface area contributed by atoms with E-state index in [1.165, 1.54) is 28.6 Å². The molecule has 31 heavy (non-hydrogen) atoms. The fourth-order valence-electron chi connectivity index (χ4n) is 3.10. The molecule has 2 aromatic carbocycles. The monoisotopic (exact) mass is 445 g/mol. The van der Waals surface area contributed by atoms with Gasteiger partial charge in [0, 0.05) is 24.7 Å². The van der Waals surface area contributed by atoms with Crippen LogP contribution in [0.5, 0.6) is 0 Å². The molecule has 0 radical (unpaired) electrons. The Bertz CT molecular complexity index is 1030. The van der Waals surface area contributed by atoms with E-state index >= 15 is 0 Å². The topological polar surface area (TPSA) is 105 Å². The fraction of sp³-hybridized carbons (Fsp3) is 0.364. The number of rotatable bonds is 7. The van der Waals surface area contributed by atoms with Gasteiger partial charge in [-0.2, -0.15) is 4.31 Å². The second-order valence-corrected chi connectivity index (χ2v) is 9.26. The second-order valence-electron chi connectivity index (χ2n) is 7.32. The number of ether oxygens (including phenoxy) is 1. The summed E-state index contributed by atoms with van der Waals surface area (Å²) >= 11 is 0. The summed E-state index contributed by atoms with van der Waals surface area (Å²) in [6.45, 7) is 5.22. The first-order chi connectivity index (χ1) is 14.8. The molecule has 1 fully saturated rings. The standard InChI is InChI=1S/C22H27N3O5S/c1-3-16(2)23-22(27)19-6-4-5-7-20(19)24-21(26)17-8-10-18(11-9-17)31(28,29)25-12-14-30-15-13-25/h4-11,16H,3,12-15H2,1-2H3,(H,23,27)(H,24,26). The van der Waals surface area contributed by atoms with Crippen LogP contribution in [0.4, 0.5) is 5.69 Å². The summed E-state index contributed by atoms with van der Waals surface area (Å²) in [7, 11) is -3.63. The molecule has 0 spiro atoms. The molecule has 1 atom stereocenters. The molecular weight excluding hydrogens is 418 g/mol. The minimum Gasteiger partial charge on any atom is -0.379 e. The Labute approximate surface area is 182 Å².